The van der Waals surface area contributed by atoms with E-state index in [-0.39, 0.29) is 23.6 Å². The van der Waals surface area contributed by atoms with Crippen molar-refractivity contribution in [1.29, 1.82) is 0 Å². The summed E-state index contributed by atoms with van der Waals surface area (Å²) in [4.78, 5) is 45.1. The highest BCUT2D eigenvalue weighted by molar-refractivity contribution is 9.10. The first kappa shape index (κ1) is 22.2. The first-order valence-corrected chi connectivity index (χ1v) is 13.2. The maximum atomic E-state index is 14.7. The fourth-order valence-electron chi connectivity index (χ4n) is 7.30. The third-order valence-electron chi connectivity index (χ3n) is 8.48. The Hall–Kier alpha value is -3.00. The lowest BCUT2D eigenvalue weighted by atomic mass is 9.60. The molecule has 2 saturated heterocycles. The van der Waals surface area contributed by atoms with Crippen molar-refractivity contribution in [2.45, 2.75) is 29.8 Å². The molecule has 0 unspecified atom stereocenters. The molecule has 0 aliphatic carbocycles. The van der Waals surface area contributed by atoms with Crippen LogP contribution in [0.2, 0.25) is 5.02 Å². The van der Waals surface area contributed by atoms with Gasteiger partial charge in [-0.3, -0.25) is 19.3 Å². The largest absolute Gasteiger partial charge is 0.325 e. The molecule has 4 atom stereocenters. The Morgan fingerprint density at radius 3 is 2.47 bits per heavy atom. The lowest BCUT2D eigenvalue weighted by Crippen LogP contribution is -2.55. The number of hydrogen-bond donors (Lipinski definition) is 2. The predicted octanol–water partition coefficient (Wildman–Crippen LogP) is 5.12. The molecule has 0 aromatic heterocycles. The van der Waals surface area contributed by atoms with Gasteiger partial charge in [-0.25, -0.2) is 0 Å². The van der Waals surface area contributed by atoms with Gasteiger partial charge < -0.3 is 10.6 Å². The summed E-state index contributed by atoms with van der Waals surface area (Å²) in [5, 5.41) is 6.57. The number of para-hydroxylation sites is 1. The molecule has 4 heterocycles. The van der Waals surface area contributed by atoms with Crippen LogP contribution in [0.3, 0.4) is 0 Å². The summed E-state index contributed by atoms with van der Waals surface area (Å²) in [6.07, 6.45) is 1.53. The van der Waals surface area contributed by atoms with Crippen LogP contribution in [-0.4, -0.2) is 35.1 Å². The highest BCUT2D eigenvalue weighted by Gasteiger charge is 2.78. The third-order valence-corrected chi connectivity index (χ3v) is 9.24. The van der Waals surface area contributed by atoms with Gasteiger partial charge in [0.1, 0.15) is 11.0 Å². The van der Waals surface area contributed by atoms with Gasteiger partial charge in [0.15, 0.2) is 5.78 Å². The van der Waals surface area contributed by atoms with Crippen molar-refractivity contribution in [3.05, 3.63) is 92.9 Å². The van der Waals surface area contributed by atoms with Crippen LogP contribution in [-0.2, 0) is 20.5 Å². The van der Waals surface area contributed by atoms with Crippen LogP contribution in [0.4, 0.5) is 11.4 Å². The van der Waals surface area contributed by atoms with Crippen LogP contribution < -0.4 is 10.6 Å². The molecule has 180 valence electrons. The van der Waals surface area contributed by atoms with Gasteiger partial charge >= 0.3 is 0 Å². The zero-order valence-corrected chi connectivity index (χ0v) is 21.4. The van der Waals surface area contributed by atoms with E-state index in [1.165, 1.54) is 0 Å². The fraction of sp³-hybridized carbons (Fsp3) is 0.250. The van der Waals surface area contributed by atoms with E-state index in [0.29, 0.717) is 40.5 Å². The molecule has 2 amide bonds. The molecule has 7 rings (SSSR count). The summed E-state index contributed by atoms with van der Waals surface area (Å²) < 4.78 is 0.843. The molecule has 0 bridgehead atoms. The van der Waals surface area contributed by atoms with Crippen molar-refractivity contribution < 1.29 is 14.4 Å². The highest BCUT2D eigenvalue weighted by atomic mass is 79.9. The molecule has 2 spiro atoms. The first-order chi connectivity index (χ1) is 17.4. The van der Waals surface area contributed by atoms with E-state index in [9.17, 15) is 14.4 Å². The molecule has 0 radical (unpaired) electrons. The molecule has 2 N–H and O–H groups in total. The van der Waals surface area contributed by atoms with E-state index in [2.05, 4.69) is 31.5 Å². The number of rotatable bonds is 2. The predicted molar refractivity (Wildman–Crippen MR) is 140 cm³/mol. The van der Waals surface area contributed by atoms with Gasteiger partial charge in [-0.15, -0.1) is 0 Å². The van der Waals surface area contributed by atoms with E-state index in [4.69, 9.17) is 11.6 Å². The maximum absolute atomic E-state index is 14.7. The van der Waals surface area contributed by atoms with Crippen LogP contribution >= 0.6 is 27.5 Å². The average molecular weight is 563 g/mol. The zero-order valence-electron chi connectivity index (χ0n) is 19.1. The Morgan fingerprint density at radius 2 is 1.67 bits per heavy atom. The second kappa shape index (κ2) is 7.51. The van der Waals surface area contributed by atoms with Crippen LogP contribution in [0, 0.1) is 5.92 Å². The number of halogens is 2. The summed E-state index contributed by atoms with van der Waals surface area (Å²) in [5.74, 6) is -1.72. The van der Waals surface area contributed by atoms with Crippen molar-refractivity contribution in [2.24, 2.45) is 5.92 Å². The molecule has 36 heavy (non-hydrogen) atoms. The fourth-order valence-corrected chi connectivity index (χ4v) is 7.73. The minimum atomic E-state index is -1.36. The molecule has 3 aromatic carbocycles. The van der Waals surface area contributed by atoms with Crippen molar-refractivity contribution >= 4 is 56.5 Å². The number of anilines is 2. The lowest BCUT2D eigenvalue weighted by molar-refractivity contribution is -0.128. The van der Waals surface area contributed by atoms with Gasteiger partial charge in [-0.2, -0.15) is 0 Å². The van der Waals surface area contributed by atoms with Gasteiger partial charge in [0.25, 0.3) is 0 Å². The van der Waals surface area contributed by atoms with E-state index in [1.807, 2.05) is 36.4 Å². The number of carbonyl (C=O) groups excluding carboxylic acids is 3. The third kappa shape index (κ3) is 2.53. The second-order valence-electron chi connectivity index (χ2n) is 9.93. The summed E-state index contributed by atoms with van der Waals surface area (Å²) in [7, 11) is 0. The number of Topliss-reactive ketones (excluding diaryl/α,β-unsaturated/α-hetero) is 1. The Bertz CT molecular complexity index is 1490. The zero-order chi connectivity index (χ0) is 24.8. The molecule has 2 fully saturated rings. The monoisotopic (exact) mass is 561 g/mol. The maximum Gasteiger partial charge on any atom is 0.250 e. The molecule has 8 heteroatoms. The number of amides is 2. The van der Waals surface area contributed by atoms with Gasteiger partial charge in [-0.1, -0.05) is 57.9 Å². The van der Waals surface area contributed by atoms with Crippen LogP contribution in [0.25, 0.3) is 0 Å². The van der Waals surface area contributed by atoms with Crippen molar-refractivity contribution in [3.8, 4) is 0 Å². The summed E-state index contributed by atoms with van der Waals surface area (Å²) in [6, 6.07) is 19.7. The SMILES string of the molecule is O=C(c1ccc(Br)cc1)[C@@H]1[C@]2(C(=O)Nc3ccccc32)[C@@H]2CCCN2[C@@]12C(=O)Nc1ccc(Cl)cc12. The van der Waals surface area contributed by atoms with Crippen LogP contribution in [0.5, 0.6) is 0 Å². The Morgan fingerprint density at radius 1 is 0.944 bits per heavy atom. The van der Waals surface area contributed by atoms with Crippen molar-refractivity contribution in [1.82, 2.24) is 4.90 Å². The number of nitrogens with zero attached hydrogens (tertiary/aromatic N) is 1. The van der Waals surface area contributed by atoms with Gasteiger partial charge in [0.2, 0.25) is 11.8 Å². The first-order valence-electron chi connectivity index (χ1n) is 12.0. The molecular formula is C28H21BrClN3O3. The highest BCUT2D eigenvalue weighted by Crippen LogP contribution is 2.66. The topological polar surface area (TPSA) is 78.5 Å². The summed E-state index contributed by atoms with van der Waals surface area (Å²) in [5.41, 5.74) is 0.651. The second-order valence-corrected chi connectivity index (χ2v) is 11.3. The average Bonchev–Trinajstić information content (AvgIpc) is 3.58. The quantitative estimate of drug-likeness (QED) is 0.425. The smallest absolute Gasteiger partial charge is 0.250 e. The minimum absolute atomic E-state index is 0.226. The Balaban J connectivity index is 1.59. The van der Waals surface area contributed by atoms with E-state index >= 15 is 0 Å². The van der Waals surface area contributed by atoms with Gasteiger partial charge in [0, 0.05) is 38.0 Å². The van der Waals surface area contributed by atoms with Crippen molar-refractivity contribution in [3.63, 3.8) is 0 Å². The normalized spacial score (nSPS) is 29.8. The van der Waals surface area contributed by atoms with E-state index < -0.39 is 16.9 Å². The number of fused-ring (bicyclic) bond motifs is 7. The number of hydrogen-bond acceptors (Lipinski definition) is 4. The molecule has 3 aromatic rings. The summed E-state index contributed by atoms with van der Waals surface area (Å²) in [6.45, 7) is 0.603. The molecule has 0 saturated carbocycles. The minimum Gasteiger partial charge on any atom is -0.325 e. The summed E-state index contributed by atoms with van der Waals surface area (Å²) >= 11 is 9.92. The Kier molecular flexibility index (Phi) is 4.63. The van der Waals surface area contributed by atoms with Crippen molar-refractivity contribution in [2.75, 3.05) is 17.2 Å². The molecule has 4 aliphatic rings. The van der Waals surface area contributed by atoms with E-state index in [0.717, 1.165) is 16.5 Å². The van der Waals surface area contributed by atoms with Gasteiger partial charge in [0.05, 0.1) is 5.92 Å². The van der Waals surface area contributed by atoms with E-state index in [1.54, 1.807) is 30.3 Å². The van der Waals surface area contributed by atoms with Crippen LogP contribution in [0.1, 0.15) is 34.3 Å². The molecular weight excluding hydrogens is 542 g/mol. The van der Waals surface area contributed by atoms with Gasteiger partial charge in [-0.05, 0) is 61.3 Å². The number of carbonyl (C=O) groups is 3. The number of nitrogens with one attached hydrogen (secondary N) is 2. The van der Waals surface area contributed by atoms with Crippen LogP contribution in [0.15, 0.2) is 71.2 Å². The standard InChI is InChI=1S/C28H21BrClN3O3/c29-16-9-7-15(8-10-16)23(34)24-27(18-4-1-2-5-20(18)31-25(27)35)22-6-3-13-33(22)28(24)19-14-17(30)11-12-21(19)32-26(28)36/h1-2,4-5,7-12,14,22,24H,3,6,13H2,(H,31,35)(H,32,36)/t22-,24+,27+,28+/m0/s1. The molecule has 4 aliphatic heterocycles. The molecule has 6 nitrogen and oxygen atoms in total. The lowest BCUT2D eigenvalue weighted by Gasteiger charge is -2.38. The Labute approximate surface area is 221 Å². The number of ketones is 1. The number of benzene rings is 3.